The number of hydrogen-bond donors (Lipinski definition) is 2. The van der Waals surface area contributed by atoms with Crippen LogP contribution in [0.15, 0.2) is 24.3 Å². The Morgan fingerprint density at radius 1 is 1.14 bits per heavy atom. The second-order valence-electron chi connectivity index (χ2n) is 4.66. The fourth-order valence-electron chi connectivity index (χ4n) is 1.94. The van der Waals surface area contributed by atoms with Crippen molar-refractivity contribution in [3.8, 4) is 0 Å². The van der Waals surface area contributed by atoms with Crippen LogP contribution >= 0.6 is 11.3 Å². The van der Waals surface area contributed by atoms with Crippen LogP contribution in [0.1, 0.15) is 27.0 Å². The van der Waals surface area contributed by atoms with Gasteiger partial charge in [0.15, 0.2) is 0 Å². The van der Waals surface area contributed by atoms with Crippen molar-refractivity contribution in [2.24, 2.45) is 0 Å². The Hall–Kier alpha value is -2.21. The Bertz CT molecular complexity index is 710. The summed E-state index contributed by atoms with van der Waals surface area (Å²) in [5.74, 6) is -1.18. The van der Waals surface area contributed by atoms with Gasteiger partial charge in [0.1, 0.15) is 5.82 Å². The monoisotopic (exact) mass is 306 g/mol. The van der Waals surface area contributed by atoms with Crippen molar-refractivity contribution in [1.29, 1.82) is 0 Å². The van der Waals surface area contributed by atoms with E-state index in [0.29, 0.717) is 11.3 Å². The minimum atomic E-state index is -0.550. The summed E-state index contributed by atoms with van der Waals surface area (Å²) in [5, 5.41) is 5.08. The summed E-state index contributed by atoms with van der Waals surface area (Å²) in [7, 11) is 0. The summed E-state index contributed by atoms with van der Waals surface area (Å²) in [6.07, 6.45) is 0. The molecule has 110 valence electrons. The van der Waals surface area contributed by atoms with Crippen LogP contribution in [0, 0.1) is 19.7 Å². The highest BCUT2D eigenvalue weighted by Gasteiger charge is 2.13. The molecule has 4 nitrogen and oxygen atoms in total. The Morgan fingerprint density at radius 3 is 2.43 bits per heavy atom. The molecule has 0 saturated carbocycles. The first-order valence-electron chi connectivity index (χ1n) is 6.32. The first-order valence-corrected chi connectivity index (χ1v) is 7.14. The molecule has 1 heterocycles. The minimum absolute atomic E-state index is 0.0403. The van der Waals surface area contributed by atoms with Crippen LogP contribution in [-0.2, 0) is 4.79 Å². The number of carbonyl (C=O) groups is 2. The lowest BCUT2D eigenvalue weighted by Gasteiger charge is -2.08. The molecule has 0 saturated heterocycles. The summed E-state index contributed by atoms with van der Waals surface area (Å²) in [4.78, 5) is 25.2. The van der Waals surface area contributed by atoms with Crippen molar-refractivity contribution in [2.75, 3.05) is 10.6 Å². The van der Waals surface area contributed by atoms with Gasteiger partial charge in [-0.3, -0.25) is 9.59 Å². The van der Waals surface area contributed by atoms with Crippen LogP contribution in [-0.4, -0.2) is 11.8 Å². The molecule has 0 fully saturated rings. The molecular weight excluding hydrogens is 291 g/mol. The summed E-state index contributed by atoms with van der Waals surface area (Å²) < 4.78 is 13.5. The molecule has 2 rings (SSSR count). The Balaban J connectivity index is 2.21. The number of nitrogens with one attached hydrogen (secondary N) is 2. The predicted octanol–water partition coefficient (Wildman–Crippen LogP) is 3.71. The zero-order valence-electron chi connectivity index (χ0n) is 11.9. The van der Waals surface area contributed by atoms with Gasteiger partial charge in [-0.25, -0.2) is 4.39 Å². The third-order valence-corrected chi connectivity index (χ3v) is 3.79. The summed E-state index contributed by atoms with van der Waals surface area (Å²) in [6.45, 7) is 5.10. The minimum Gasteiger partial charge on any atom is -0.324 e. The molecule has 0 aliphatic rings. The van der Waals surface area contributed by atoms with E-state index in [0.717, 1.165) is 9.75 Å². The standard InChI is InChI=1S/C15H15FN2O2S/c1-8-6-12(9(2)21-8)15(20)18-11-4-5-13(16)14(7-11)17-10(3)19/h4-7H,1-3H3,(H,17,19)(H,18,20). The van der Waals surface area contributed by atoms with Gasteiger partial charge in [0.2, 0.25) is 5.91 Å². The molecule has 1 aromatic carbocycles. The lowest BCUT2D eigenvalue weighted by molar-refractivity contribution is -0.114. The van der Waals surface area contributed by atoms with Gasteiger partial charge < -0.3 is 10.6 Å². The van der Waals surface area contributed by atoms with E-state index in [4.69, 9.17) is 0 Å². The second kappa shape index (κ2) is 6.05. The Labute approximate surface area is 126 Å². The van der Waals surface area contributed by atoms with Gasteiger partial charge >= 0.3 is 0 Å². The van der Waals surface area contributed by atoms with Crippen molar-refractivity contribution in [3.63, 3.8) is 0 Å². The number of rotatable bonds is 3. The number of benzene rings is 1. The maximum atomic E-state index is 13.5. The number of thiophene rings is 1. The number of anilines is 2. The van der Waals surface area contributed by atoms with Crippen LogP contribution < -0.4 is 10.6 Å². The van der Waals surface area contributed by atoms with Crippen molar-refractivity contribution in [1.82, 2.24) is 0 Å². The molecule has 0 unspecified atom stereocenters. The average Bonchev–Trinajstić information content (AvgIpc) is 2.72. The molecule has 2 aromatic rings. The van der Waals surface area contributed by atoms with Gasteiger partial charge in [0.05, 0.1) is 11.3 Å². The molecule has 0 radical (unpaired) electrons. The van der Waals surface area contributed by atoms with E-state index in [2.05, 4.69) is 10.6 Å². The van der Waals surface area contributed by atoms with Crippen molar-refractivity contribution in [3.05, 3.63) is 45.4 Å². The number of amides is 2. The SMILES string of the molecule is CC(=O)Nc1cc(NC(=O)c2cc(C)sc2C)ccc1F. The summed E-state index contributed by atoms with van der Waals surface area (Å²) in [5.41, 5.74) is 1.06. The maximum absolute atomic E-state index is 13.5. The smallest absolute Gasteiger partial charge is 0.256 e. The lowest BCUT2D eigenvalue weighted by atomic mass is 10.2. The zero-order valence-corrected chi connectivity index (χ0v) is 12.7. The lowest BCUT2D eigenvalue weighted by Crippen LogP contribution is -2.13. The van der Waals surface area contributed by atoms with Crippen LogP contribution in [0.4, 0.5) is 15.8 Å². The van der Waals surface area contributed by atoms with E-state index < -0.39 is 5.82 Å². The van der Waals surface area contributed by atoms with Crippen molar-refractivity contribution in [2.45, 2.75) is 20.8 Å². The molecule has 21 heavy (non-hydrogen) atoms. The molecule has 0 spiro atoms. The van der Waals surface area contributed by atoms with Crippen LogP contribution in [0.5, 0.6) is 0 Å². The van der Waals surface area contributed by atoms with Gasteiger partial charge in [0.25, 0.3) is 5.91 Å². The topological polar surface area (TPSA) is 58.2 Å². The molecule has 0 aliphatic carbocycles. The molecule has 0 aliphatic heterocycles. The summed E-state index contributed by atoms with van der Waals surface area (Å²) in [6, 6.07) is 5.86. The molecule has 0 atom stereocenters. The van der Waals surface area contributed by atoms with E-state index in [9.17, 15) is 14.0 Å². The molecular formula is C15H15FN2O2S. The van der Waals surface area contributed by atoms with E-state index >= 15 is 0 Å². The predicted molar refractivity (Wildman–Crippen MR) is 82.4 cm³/mol. The highest BCUT2D eigenvalue weighted by Crippen LogP contribution is 2.23. The normalized spacial score (nSPS) is 10.3. The third kappa shape index (κ3) is 3.66. The number of halogens is 1. The Morgan fingerprint density at radius 2 is 1.86 bits per heavy atom. The van der Waals surface area contributed by atoms with E-state index in [1.54, 1.807) is 11.3 Å². The van der Waals surface area contributed by atoms with Gasteiger partial charge in [-0.05, 0) is 38.1 Å². The number of carbonyl (C=O) groups excluding carboxylic acids is 2. The van der Waals surface area contributed by atoms with Gasteiger partial charge in [-0.15, -0.1) is 11.3 Å². The van der Waals surface area contributed by atoms with E-state index in [1.165, 1.54) is 25.1 Å². The van der Waals surface area contributed by atoms with E-state index in [1.807, 2.05) is 19.9 Å². The molecule has 2 amide bonds. The van der Waals surface area contributed by atoms with Crippen molar-refractivity contribution >= 4 is 34.5 Å². The molecule has 6 heteroatoms. The number of hydrogen-bond acceptors (Lipinski definition) is 3. The Kier molecular flexibility index (Phi) is 4.37. The van der Waals surface area contributed by atoms with Crippen LogP contribution in [0.3, 0.4) is 0 Å². The first kappa shape index (κ1) is 15.2. The zero-order chi connectivity index (χ0) is 15.6. The van der Waals surface area contributed by atoms with Crippen molar-refractivity contribution < 1.29 is 14.0 Å². The van der Waals surface area contributed by atoms with Crippen LogP contribution in [0.2, 0.25) is 0 Å². The van der Waals surface area contributed by atoms with Crippen LogP contribution in [0.25, 0.3) is 0 Å². The molecule has 2 N–H and O–H groups in total. The second-order valence-corrected chi connectivity index (χ2v) is 6.12. The highest BCUT2D eigenvalue weighted by atomic mass is 32.1. The fourth-order valence-corrected chi connectivity index (χ4v) is 2.86. The molecule has 1 aromatic heterocycles. The quantitative estimate of drug-likeness (QED) is 0.908. The largest absolute Gasteiger partial charge is 0.324 e. The van der Waals surface area contributed by atoms with Gasteiger partial charge in [-0.1, -0.05) is 0 Å². The van der Waals surface area contributed by atoms with Gasteiger partial charge in [0, 0.05) is 22.4 Å². The molecule has 0 bridgehead atoms. The van der Waals surface area contributed by atoms with E-state index in [-0.39, 0.29) is 17.5 Å². The third-order valence-electron chi connectivity index (χ3n) is 2.82. The number of aryl methyl sites for hydroxylation is 2. The average molecular weight is 306 g/mol. The first-order chi connectivity index (χ1) is 9.86. The fraction of sp³-hybridized carbons (Fsp3) is 0.200. The summed E-state index contributed by atoms with van der Waals surface area (Å²) >= 11 is 1.54. The maximum Gasteiger partial charge on any atom is 0.256 e. The van der Waals surface area contributed by atoms with Gasteiger partial charge in [-0.2, -0.15) is 0 Å². The highest BCUT2D eigenvalue weighted by molar-refractivity contribution is 7.12.